The van der Waals surface area contributed by atoms with Gasteiger partial charge in [0.05, 0.1) is 79.3 Å². The van der Waals surface area contributed by atoms with E-state index in [0.29, 0.717) is 79.3 Å². The highest BCUT2D eigenvalue weighted by atomic mass is 16.6. The molecule has 0 bridgehead atoms. The van der Waals surface area contributed by atoms with Gasteiger partial charge in [0, 0.05) is 13.2 Å². The van der Waals surface area contributed by atoms with E-state index in [4.69, 9.17) is 33.2 Å². The van der Waals surface area contributed by atoms with E-state index in [0.717, 1.165) is 26.1 Å². The first-order valence-electron chi connectivity index (χ1n) is 19.0. The molecule has 266 valence electrons. The van der Waals surface area contributed by atoms with Gasteiger partial charge < -0.3 is 33.2 Å². The van der Waals surface area contributed by atoms with Crippen LogP contribution in [-0.4, -0.2) is 92.5 Å². The summed E-state index contributed by atoms with van der Waals surface area (Å²) < 4.78 is 39.0. The highest BCUT2D eigenvalue weighted by Crippen LogP contribution is 2.12. The summed E-state index contributed by atoms with van der Waals surface area (Å²) in [5.74, 6) is 0. The standard InChI is InChI=1S/C37H76O7/c1-3-5-7-9-11-13-14-15-16-17-19-21-23-25-39-27-29-41-31-33-43-35-37-44-36-34-42-32-30-40-28-26-38-24-22-20-18-12-10-8-6-4-2/h3-37H2,1-2H3. The van der Waals surface area contributed by atoms with Crippen molar-refractivity contribution in [3.8, 4) is 0 Å². The molecule has 0 rings (SSSR count). The molecule has 44 heavy (non-hydrogen) atoms. The molecule has 0 spiro atoms. The van der Waals surface area contributed by atoms with Gasteiger partial charge >= 0.3 is 0 Å². The Morgan fingerprint density at radius 1 is 0.182 bits per heavy atom. The summed E-state index contributed by atoms with van der Waals surface area (Å²) in [5, 5.41) is 0. The second-order valence-electron chi connectivity index (χ2n) is 12.0. The van der Waals surface area contributed by atoms with Gasteiger partial charge in [-0.3, -0.25) is 0 Å². The number of rotatable bonds is 41. The van der Waals surface area contributed by atoms with E-state index < -0.39 is 0 Å². The minimum absolute atomic E-state index is 0.568. The van der Waals surface area contributed by atoms with Crippen LogP contribution in [0.5, 0.6) is 0 Å². The van der Waals surface area contributed by atoms with Crippen LogP contribution in [0.3, 0.4) is 0 Å². The van der Waals surface area contributed by atoms with E-state index in [-0.39, 0.29) is 0 Å². The zero-order valence-electron chi connectivity index (χ0n) is 29.6. The van der Waals surface area contributed by atoms with E-state index >= 15 is 0 Å². The molecule has 0 radical (unpaired) electrons. The first-order valence-corrected chi connectivity index (χ1v) is 19.0. The maximum Gasteiger partial charge on any atom is 0.0701 e. The van der Waals surface area contributed by atoms with Crippen LogP contribution in [0, 0.1) is 0 Å². The highest BCUT2D eigenvalue weighted by molar-refractivity contribution is 4.49. The molecule has 7 heteroatoms. The molecule has 0 aliphatic heterocycles. The molecule has 0 aliphatic rings. The van der Waals surface area contributed by atoms with Gasteiger partial charge in [-0.1, -0.05) is 136 Å². The van der Waals surface area contributed by atoms with Crippen molar-refractivity contribution in [3.05, 3.63) is 0 Å². The van der Waals surface area contributed by atoms with Crippen LogP contribution in [0.1, 0.15) is 149 Å². The summed E-state index contributed by atoms with van der Waals surface area (Å²) in [5.41, 5.74) is 0. The summed E-state index contributed by atoms with van der Waals surface area (Å²) in [6.07, 6.45) is 28.5. The normalized spacial score (nSPS) is 11.6. The van der Waals surface area contributed by atoms with E-state index in [1.54, 1.807) is 0 Å². The Kier molecular flexibility index (Phi) is 42.4. The van der Waals surface area contributed by atoms with Crippen LogP contribution >= 0.6 is 0 Å². The van der Waals surface area contributed by atoms with Crippen molar-refractivity contribution >= 4 is 0 Å². The van der Waals surface area contributed by atoms with Crippen molar-refractivity contribution in [1.82, 2.24) is 0 Å². The van der Waals surface area contributed by atoms with E-state index in [1.807, 2.05) is 0 Å². The van der Waals surface area contributed by atoms with Crippen LogP contribution < -0.4 is 0 Å². The molecule has 0 N–H and O–H groups in total. The quantitative estimate of drug-likeness (QED) is 0.0622. The highest BCUT2D eigenvalue weighted by Gasteiger charge is 1.97. The zero-order valence-corrected chi connectivity index (χ0v) is 29.6. The van der Waals surface area contributed by atoms with Gasteiger partial charge in [-0.25, -0.2) is 0 Å². The van der Waals surface area contributed by atoms with Gasteiger partial charge in [-0.05, 0) is 12.8 Å². The van der Waals surface area contributed by atoms with Crippen molar-refractivity contribution in [3.63, 3.8) is 0 Å². The molecule has 0 saturated carbocycles. The van der Waals surface area contributed by atoms with Gasteiger partial charge in [-0.15, -0.1) is 0 Å². The molecule has 0 aromatic carbocycles. The third-order valence-electron chi connectivity index (χ3n) is 7.77. The van der Waals surface area contributed by atoms with Gasteiger partial charge in [0.15, 0.2) is 0 Å². The largest absolute Gasteiger partial charge is 0.379 e. The molecular formula is C37H76O7. The van der Waals surface area contributed by atoms with E-state index in [1.165, 1.54) is 122 Å². The first-order chi connectivity index (χ1) is 21.9. The molecule has 0 fully saturated rings. The molecule has 0 unspecified atom stereocenters. The number of ether oxygens (including phenoxy) is 7. The Balaban J connectivity index is 3.03. The van der Waals surface area contributed by atoms with Crippen molar-refractivity contribution in [2.75, 3.05) is 92.5 Å². The average molecular weight is 633 g/mol. The Labute approximate surface area is 274 Å². The Hall–Kier alpha value is -0.280. The van der Waals surface area contributed by atoms with Gasteiger partial charge in [0.2, 0.25) is 0 Å². The fourth-order valence-electron chi connectivity index (χ4n) is 4.98. The predicted octanol–water partition coefficient (Wildman–Crippen LogP) is 9.33. The lowest BCUT2D eigenvalue weighted by molar-refractivity contribution is -0.0206. The predicted molar refractivity (Wildman–Crippen MR) is 184 cm³/mol. The second kappa shape index (κ2) is 42.7. The topological polar surface area (TPSA) is 64.6 Å². The maximum absolute atomic E-state index is 5.68. The smallest absolute Gasteiger partial charge is 0.0701 e. The van der Waals surface area contributed by atoms with Crippen molar-refractivity contribution in [2.24, 2.45) is 0 Å². The average Bonchev–Trinajstić information content (AvgIpc) is 3.04. The van der Waals surface area contributed by atoms with E-state index in [9.17, 15) is 0 Å². The molecular weight excluding hydrogens is 556 g/mol. The summed E-state index contributed by atoms with van der Waals surface area (Å²) in [4.78, 5) is 0. The van der Waals surface area contributed by atoms with Crippen LogP contribution in [0.25, 0.3) is 0 Å². The molecule has 0 amide bonds. The summed E-state index contributed by atoms with van der Waals surface area (Å²) in [6.45, 7) is 13.5. The van der Waals surface area contributed by atoms with Crippen LogP contribution in [0.2, 0.25) is 0 Å². The SMILES string of the molecule is CCCCCCCCCCCCCCCOCCOCCOCCOCCOCCOCCOCCCCCCCCCC. The van der Waals surface area contributed by atoms with E-state index in [2.05, 4.69) is 13.8 Å². The molecule has 0 atom stereocenters. The number of unbranched alkanes of at least 4 members (excludes halogenated alkanes) is 19. The maximum atomic E-state index is 5.68. The van der Waals surface area contributed by atoms with Gasteiger partial charge in [0.25, 0.3) is 0 Å². The molecule has 0 aromatic heterocycles. The molecule has 0 aliphatic carbocycles. The summed E-state index contributed by atoms with van der Waals surface area (Å²) >= 11 is 0. The lowest BCUT2D eigenvalue weighted by atomic mass is 10.0. The summed E-state index contributed by atoms with van der Waals surface area (Å²) in [6, 6.07) is 0. The fraction of sp³-hybridized carbons (Fsp3) is 1.00. The van der Waals surface area contributed by atoms with Crippen molar-refractivity contribution in [2.45, 2.75) is 149 Å². The van der Waals surface area contributed by atoms with Crippen molar-refractivity contribution in [1.29, 1.82) is 0 Å². The zero-order chi connectivity index (χ0) is 31.7. The molecule has 7 nitrogen and oxygen atoms in total. The lowest BCUT2D eigenvalue weighted by Crippen LogP contribution is -2.14. The summed E-state index contributed by atoms with van der Waals surface area (Å²) in [7, 11) is 0. The third-order valence-corrected chi connectivity index (χ3v) is 7.77. The third kappa shape index (κ3) is 41.7. The second-order valence-corrected chi connectivity index (χ2v) is 12.0. The first kappa shape index (κ1) is 43.7. The van der Waals surface area contributed by atoms with Crippen LogP contribution in [0.4, 0.5) is 0 Å². The molecule has 0 heterocycles. The van der Waals surface area contributed by atoms with Crippen LogP contribution in [0.15, 0.2) is 0 Å². The fourth-order valence-corrected chi connectivity index (χ4v) is 4.98. The van der Waals surface area contributed by atoms with Crippen LogP contribution in [-0.2, 0) is 33.2 Å². The molecule has 0 aromatic rings. The minimum Gasteiger partial charge on any atom is -0.379 e. The van der Waals surface area contributed by atoms with Gasteiger partial charge in [0.1, 0.15) is 0 Å². The Bertz CT molecular complexity index is 439. The number of hydrogen-bond donors (Lipinski definition) is 0. The monoisotopic (exact) mass is 633 g/mol. The molecule has 0 saturated heterocycles. The Morgan fingerprint density at radius 3 is 0.545 bits per heavy atom. The van der Waals surface area contributed by atoms with Gasteiger partial charge in [-0.2, -0.15) is 0 Å². The Morgan fingerprint density at radius 2 is 0.341 bits per heavy atom. The minimum atomic E-state index is 0.568. The van der Waals surface area contributed by atoms with Crippen molar-refractivity contribution < 1.29 is 33.2 Å². The number of hydrogen-bond acceptors (Lipinski definition) is 7. The lowest BCUT2D eigenvalue weighted by Gasteiger charge is -2.08.